The Labute approximate surface area is 88.3 Å². The van der Waals surface area contributed by atoms with Crippen LogP contribution in [0.1, 0.15) is 28.1 Å². The first kappa shape index (κ1) is 16.4. The van der Waals surface area contributed by atoms with Gasteiger partial charge in [-0.2, -0.15) is 0 Å². The fraction of sp³-hybridized carbons (Fsp3) is 1.00. The zero-order valence-corrected chi connectivity index (χ0v) is 10.3. The van der Waals surface area contributed by atoms with Crippen LogP contribution in [0.5, 0.6) is 0 Å². The van der Waals surface area contributed by atoms with E-state index in [0.717, 1.165) is 0 Å². The molecule has 0 fully saturated rings. The van der Waals surface area contributed by atoms with Gasteiger partial charge in [-0.05, 0) is 17.9 Å². The lowest BCUT2D eigenvalue weighted by Gasteiger charge is -2.27. The Bertz CT molecular complexity index is 158. The van der Waals surface area contributed by atoms with Crippen LogP contribution in [0.3, 0.4) is 0 Å². The van der Waals surface area contributed by atoms with E-state index in [1.54, 1.807) is 0 Å². The van der Waals surface area contributed by atoms with Gasteiger partial charge in [-0.25, -0.2) is 4.67 Å². The van der Waals surface area contributed by atoms with E-state index in [2.05, 4.69) is 32.6 Å². The van der Waals surface area contributed by atoms with Crippen LogP contribution >= 0.6 is 8.25 Å². The first-order valence-corrected chi connectivity index (χ1v) is 5.75. The van der Waals surface area contributed by atoms with E-state index in [9.17, 15) is 0 Å². The largest absolute Gasteiger partial charge is 0.674 e. The second-order valence-corrected chi connectivity index (χ2v) is 4.22. The molecule has 0 aliphatic heterocycles. The standard InChI is InChI=1S/C8H20N.HO4P.H2/c1-5-7-8-9(3,4)6-2;1-4-5(2)3;/h5-8H2,1-4H3;1H;1H/q+1;;/p-1. The highest BCUT2D eigenvalue weighted by Gasteiger charge is 2.08. The van der Waals surface area contributed by atoms with Crippen LogP contribution in [0, 0.1) is 0 Å². The molecule has 1 unspecified atom stereocenters. The van der Waals surface area contributed by atoms with Gasteiger partial charge in [0.25, 0.3) is 0 Å². The van der Waals surface area contributed by atoms with Crippen LogP contribution in [-0.2, 0) is 9.24 Å². The Kier molecular flexibility index (Phi) is 11.1. The van der Waals surface area contributed by atoms with Crippen LogP contribution in [-0.4, -0.2) is 31.7 Å². The minimum Gasteiger partial charge on any atom is -0.674 e. The van der Waals surface area contributed by atoms with E-state index in [0.29, 0.717) is 0 Å². The molecule has 0 aromatic heterocycles. The molecule has 0 radical (unpaired) electrons. The van der Waals surface area contributed by atoms with Gasteiger partial charge in [-0.1, -0.05) is 13.3 Å². The third-order valence-electron chi connectivity index (χ3n) is 2.03. The smallest absolute Gasteiger partial charge is 0.479 e. The van der Waals surface area contributed by atoms with Gasteiger partial charge in [-0.15, -0.1) is 0 Å². The Balaban J connectivity index is -0.000000208. The van der Waals surface area contributed by atoms with Crippen molar-refractivity contribution in [1.29, 1.82) is 0 Å². The zero-order valence-electron chi connectivity index (χ0n) is 9.36. The van der Waals surface area contributed by atoms with E-state index in [1.165, 1.54) is 30.4 Å². The van der Waals surface area contributed by atoms with Gasteiger partial charge in [-0.3, -0.25) is 0 Å². The molecule has 1 atom stereocenters. The molecule has 0 rings (SSSR count). The van der Waals surface area contributed by atoms with E-state index >= 15 is 0 Å². The van der Waals surface area contributed by atoms with Gasteiger partial charge < -0.3 is 14.6 Å². The van der Waals surface area contributed by atoms with Crippen molar-refractivity contribution in [3.05, 3.63) is 0 Å². The first-order valence-electron chi connectivity index (χ1n) is 4.66. The highest BCUT2D eigenvalue weighted by Crippen LogP contribution is 1.99. The van der Waals surface area contributed by atoms with Gasteiger partial charge >= 0.3 is 8.25 Å². The van der Waals surface area contributed by atoms with Crippen molar-refractivity contribution in [3.8, 4) is 0 Å². The summed E-state index contributed by atoms with van der Waals surface area (Å²) in [6.45, 7) is 7.07. The van der Waals surface area contributed by atoms with E-state index in [4.69, 9.17) is 14.7 Å². The normalized spacial score (nSPS) is 11.7. The van der Waals surface area contributed by atoms with E-state index < -0.39 is 8.25 Å². The third-order valence-corrected chi connectivity index (χ3v) is 2.16. The number of nitrogens with zero attached hydrogens (tertiary/aromatic N) is 1. The van der Waals surface area contributed by atoms with Crippen molar-refractivity contribution in [2.24, 2.45) is 0 Å². The summed E-state index contributed by atoms with van der Waals surface area (Å²) in [5, 5.41) is 8.53. The molecule has 5 nitrogen and oxygen atoms in total. The maximum atomic E-state index is 8.87. The molecule has 88 valence electrons. The van der Waals surface area contributed by atoms with Crippen molar-refractivity contribution in [2.45, 2.75) is 26.7 Å². The lowest BCUT2D eigenvalue weighted by atomic mass is 10.3. The van der Waals surface area contributed by atoms with E-state index in [-0.39, 0.29) is 1.43 Å². The molecule has 14 heavy (non-hydrogen) atoms. The van der Waals surface area contributed by atoms with Gasteiger partial charge in [0, 0.05) is 1.43 Å². The van der Waals surface area contributed by atoms with Crippen molar-refractivity contribution < 1.29 is 25.3 Å². The quantitative estimate of drug-likeness (QED) is 0.295. The monoisotopic (exact) mass is 227 g/mol. The molecule has 6 heteroatoms. The molecule has 0 aromatic carbocycles. The van der Waals surface area contributed by atoms with Crippen molar-refractivity contribution in [2.75, 3.05) is 27.2 Å². The molecule has 0 aliphatic carbocycles. The average Bonchev–Trinajstić information content (AvgIpc) is 2.16. The topological polar surface area (TPSA) is 72.4 Å². The molecule has 0 amide bonds. The molecule has 0 N–H and O–H groups in total. The molecule has 0 spiro atoms. The second kappa shape index (κ2) is 9.49. The Morgan fingerprint density at radius 1 is 1.43 bits per heavy atom. The number of quaternary nitrogens is 1. The summed E-state index contributed by atoms with van der Waals surface area (Å²) < 4.78 is 12.5. The average molecular weight is 227 g/mol. The summed E-state index contributed by atoms with van der Waals surface area (Å²) >= 11 is 0. The number of unbranched alkanes of at least 4 members (excludes halogenated alkanes) is 1. The lowest BCUT2D eigenvalue weighted by Crippen LogP contribution is -2.39. The highest BCUT2D eigenvalue weighted by molar-refractivity contribution is 7.30. The van der Waals surface area contributed by atoms with Crippen LogP contribution in [0.2, 0.25) is 0 Å². The maximum absolute atomic E-state index is 8.87. The number of hydrogen-bond donors (Lipinski definition) is 0. The summed E-state index contributed by atoms with van der Waals surface area (Å²) in [6, 6.07) is 0. The van der Waals surface area contributed by atoms with Crippen molar-refractivity contribution >= 4 is 8.25 Å². The maximum Gasteiger partial charge on any atom is 0.479 e. The molecule has 0 aromatic rings. The van der Waals surface area contributed by atoms with Crippen LogP contribution < -0.4 is 10.2 Å². The fourth-order valence-electron chi connectivity index (χ4n) is 0.744. The van der Waals surface area contributed by atoms with Crippen molar-refractivity contribution in [1.82, 2.24) is 0 Å². The minimum atomic E-state index is -3.15. The summed E-state index contributed by atoms with van der Waals surface area (Å²) in [5.74, 6) is 0. The van der Waals surface area contributed by atoms with Gasteiger partial charge in [0.1, 0.15) is 0 Å². The van der Waals surface area contributed by atoms with Gasteiger partial charge in [0.15, 0.2) is 0 Å². The van der Waals surface area contributed by atoms with Crippen LogP contribution in [0.4, 0.5) is 0 Å². The van der Waals surface area contributed by atoms with E-state index in [1.807, 2.05) is 0 Å². The minimum absolute atomic E-state index is 0. The Morgan fingerprint density at radius 3 is 2.07 bits per heavy atom. The molecule has 0 saturated carbocycles. The molecular formula is C8H22NO4P. The Hall–Kier alpha value is -0.0600. The van der Waals surface area contributed by atoms with Crippen LogP contribution in [0.15, 0.2) is 0 Å². The molecule has 0 saturated heterocycles. The highest BCUT2D eigenvalue weighted by atomic mass is 31.1. The molecule has 0 aliphatic rings. The lowest BCUT2D eigenvalue weighted by molar-refractivity contribution is -0.888. The number of hydrogen-bond acceptors (Lipinski definition) is 4. The molecule has 0 bridgehead atoms. The molecular weight excluding hydrogens is 205 g/mol. The van der Waals surface area contributed by atoms with Crippen molar-refractivity contribution in [3.63, 3.8) is 0 Å². The summed E-state index contributed by atoms with van der Waals surface area (Å²) in [4.78, 5) is 8.87. The Morgan fingerprint density at radius 2 is 1.86 bits per heavy atom. The number of rotatable bonds is 5. The van der Waals surface area contributed by atoms with Gasteiger partial charge in [0.2, 0.25) is 0 Å². The zero-order chi connectivity index (χ0) is 11.6. The summed E-state index contributed by atoms with van der Waals surface area (Å²) in [7, 11) is 1.42. The predicted octanol–water partition coefficient (Wildman–Crippen LogP) is 0.425. The third kappa shape index (κ3) is 14.5. The predicted molar refractivity (Wildman–Crippen MR) is 53.2 cm³/mol. The van der Waals surface area contributed by atoms with Crippen LogP contribution in [0.25, 0.3) is 0 Å². The first-order chi connectivity index (χ1) is 6.39. The summed E-state index contributed by atoms with van der Waals surface area (Å²) in [5.41, 5.74) is 0. The molecule has 0 heterocycles. The SMILES string of the molecule is CCCC[N+](C)(C)CC.O=[P+]([O-])O[O-].[HH]. The second-order valence-electron chi connectivity index (χ2n) is 3.63. The fourth-order valence-corrected chi connectivity index (χ4v) is 0.744. The van der Waals surface area contributed by atoms with Gasteiger partial charge in [0.05, 0.1) is 27.2 Å². The summed E-state index contributed by atoms with van der Waals surface area (Å²) in [6.07, 6.45) is 2.68.